The molecule has 7 heteroatoms. The van der Waals surface area contributed by atoms with Crippen LogP contribution in [0.25, 0.3) is 5.69 Å². The number of tetrazole rings is 1. The van der Waals surface area contributed by atoms with Crippen LogP contribution in [0.1, 0.15) is 29.7 Å². The van der Waals surface area contributed by atoms with Gasteiger partial charge in [0.1, 0.15) is 0 Å². The fourth-order valence-corrected chi connectivity index (χ4v) is 3.48. The predicted molar refractivity (Wildman–Crippen MR) is 102 cm³/mol. The van der Waals surface area contributed by atoms with E-state index < -0.39 is 0 Å². The maximum absolute atomic E-state index is 12.3. The van der Waals surface area contributed by atoms with Gasteiger partial charge in [0.2, 0.25) is 11.1 Å². The van der Waals surface area contributed by atoms with Crippen molar-refractivity contribution < 1.29 is 4.79 Å². The normalized spacial score (nSPS) is 12.0. The summed E-state index contributed by atoms with van der Waals surface area (Å²) in [6.07, 6.45) is 0. The van der Waals surface area contributed by atoms with E-state index in [1.54, 1.807) is 4.68 Å². The highest BCUT2D eigenvalue weighted by atomic mass is 32.2. The van der Waals surface area contributed by atoms with E-state index in [9.17, 15) is 4.79 Å². The van der Waals surface area contributed by atoms with Gasteiger partial charge >= 0.3 is 0 Å². The molecule has 6 nitrogen and oxygen atoms in total. The van der Waals surface area contributed by atoms with Crippen molar-refractivity contribution in [1.29, 1.82) is 0 Å². The Hall–Kier alpha value is -2.67. The van der Waals surface area contributed by atoms with Crippen LogP contribution < -0.4 is 5.32 Å². The zero-order valence-corrected chi connectivity index (χ0v) is 15.8. The molecule has 0 saturated heterocycles. The molecule has 1 N–H and O–H groups in total. The third kappa shape index (κ3) is 4.11. The summed E-state index contributed by atoms with van der Waals surface area (Å²) < 4.78 is 1.70. The average molecular weight is 367 g/mol. The number of amides is 1. The number of rotatable bonds is 6. The number of thioether (sulfide) groups is 1. The van der Waals surface area contributed by atoms with Crippen molar-refractivity contribution in [2.24, 2.45) is 0 Å². The Morgan fingerprint density at radius 2 is 1.81 bits per heavy atom. The third-order valence-corrected chi connectivity index (χ3v) is 5.02. The van der Waals surface area contributed by atoms with Crippen LogP contribution in [0.4, 0.5) is 0 Å². The maximum atomic E-state index is 12.3. The first-order chi connectivity index (χ1) is 12.6. The Bertz CT molecular complexity index is 874. The Labute approximate surface area is 157 Å². The molecule has 0 aliphatic heterocycles. The summed E-state index contributed by atoms with van der Waals surface area (Å²) in [4.78, 5) is 12.3. The molecule has 0 aliphatic rings. The molecule has 3 aromatic rings. The van der Waals surface area contributed by atoms with E-state index in [-0.39, 0.29) is 17.7 Å². The number of para-hydroxylation sites is 1. The molecule has 0 bridgehead atoms. The number of hydrogen-bond donors (Lipinski definition) is 1. The van der Waals surface area contributed by atoms with Gasteiger partial charge in [-0.05, 0) is 47.9 Å². The molecule has 2 aromatic carbocycles. The number of nitrogens with one attached hydrogen (secondary N) is 1. The van der Waals surface area contributed by atoms with E-state index in [1.807, 2.05) is 69.3 Å². The van der Waals surface area contributed by atoms with Crippen molar-refractivity contribution >= 4 is 17.7 Å². The van der Waals surface area contributed by atoms with E-state index in [0.29, 0.717) is 5.16 Å². The summed E-state index contributed by atoms with van der Waals surface area (Å²) in [6.45, 7) is 6.01. The maximum Gasteiger partial charge on any atom is 0.230 e. The Morgan fingerprint density at radius 1 is 1.12 bits per heavy atom. The second-order valence-corrected chi connectivity index (χ2v) is 7.04. The highest BCUT2D eigenvalue weighted by Crippen LogP contribution is 2.23. The first kappa shape index (κ1) is 18.1. The highest BCUT2D eigenvalue weighted by Gasteiger charge is 2.16. The highest BCUT2D eigenvalue weighted by molar-refractivity contribution is 7.99. The molecule has 1 atom stereocenters. The van der Waals surface area contributed by atoms with Crippen molar-refractivity contribution in [3.63, 3.8) is 0 Å². The smallest absolute Gasteiger partial charge is 0.230 e. The van der Waals surface area contributed by atoms with Crippen LogP contribution in [0.5, 0.6) is 0 Å². The SMILES string of the molecule is Cc1cccc(C)c1-n1nnnc1SCC(=O)N[C@@H](C)c1ccccc1. The second kappa shape index (κ2) is 8.14. The summed E-state index contributed by atoms with van der Waals surface area (Å²) >= 11 is 1.33. The van der Waals surface area contributed by atoms with Crippen LogP contribution in [0.3, 0.4) is 0 Å². The van der Waals surface area contributed by atoms with Crippen molar-refractivity contribution in [3.8, 4) is 5.69 Å². The molecule has 134 valence electrons. The number of aromatic nitrogens is 4. The van der Waals surface area contributed by atoms with E-state index in [0.717, 1.165) is 22.4 Å². The van der Waals surface area contributed by atoms with Gasteiger partial charge in [0.25, 0.3) is 0 Å². The molecule has 0 aliphatic carbocycles. The summed E-state index contributed by atoms with van der Waals surface area (Å²) in [5, 5.41) is 15.5. The van der Waals surface area contributed by atoms with E-state index in [2.05, 4.69) is 20.8 Å². The van der Waals surface area contributed by atoms with E-state index in [1.165, 1.54) is 11.8 Å². The lowest BCUT2D eigenvalue weighted by Gasteiger charge is -2.14. The summed E-state index contributed by atoms with van der Waals surface area (Å²) in [6, 6.07) is 15.9. The number of hydrogen-bond acceptors (Lipinski definition) is 5. The lowest BCUT2D eigenvalue weighted by atomic mass is 10.1. The number of aryl methyl sites for hydroxylation is 2. The molecule has 1 heterocycles. The second-order valence-electron chi connectivity index (χ2n) is 6.10. The standard InChI is InChI=1S/C19H21N5OS/c1-13-8-7-9-14(2)18(13)24-19(21-22-23-24)26-12-17(25)20-15(3)16-10-5-4-6-11-16/h4-11,15H,12H2,1-3H3,(H,20,25)/t15-/m0/s1. The number of benzene rings is 2. The first-order valence-electron chi connectivity index (χ1n) is 8.38. The summed E-state index contributed by atoms with van der Waals surface area (Å²) in [5.74, 6) is 0.199. The molecule has 3 rings (SSSR count). The summed E-state index contributed by atoms with van der Waals surface area (Å²) in [5.41, 5.74) is 4.20. The van der Waals surface area contributed by atoms with Crippen LogP contribution in [0, 0.1) is 13.8 Å². The van der Waals surface area contributed by atoms with Gasteiger partial charge in [0.15, 0.2) is 0 Å². The molecule has 0 saturated carbocycles. The fourth-order valence-electron chi connectivity index (χ4n) is 2.79. The lowest BCUT2D eigenvalue weighted by molar-refractivity contribution is -0.119. The van der Waals surface area contributed by atoms with Crippen LogP contribution in [-0.2, 0) is 4.79 Å². The van der Waals surface area contributed by atoms with Gasteiger partial charge < -0.3 is 5.32 Å². The summed E-state index contributed by atoms with van der Waals surface area (Å²) in [7, 11) is 0. The Morgan fingerprint density at radius 3 is 2.50 bits per heavy atom. The van der Waals surface area contributed by atoms with Gasteiger partial charge in [0, 0.05) is 0 Å². The topological polar surface area (TPSA) is 72.7 Å². The molecule has 26 heavy (non-hydrogen) atoms. The Kier molecular flexibility index (Phi) is 5.68. The van der Waals surface area contributed by atoms with Crippen molar-refractivity contribution in [2.45, 2.75) is 32.0 Å². The monoisotopic (exact) mass is 367 g/mol. The van der Waals surface area contributed by atoms with Gasteiger partial charge in [-0.1, -0.05) is 60.3 Å². The fraction of sp³-hybridized carbons (Fsp3) is 0.263. The van der Waals surface area contributed by atoms with Crippen LogP contribution in [0.15, 0.2) is 53.7 Å². The van der Waals surface area contributed by atoms with E-state index in [4.69, 9.17) is 0 Å². The third-order valence-electron chi connectivity index (χ3n) is 4.10. The van der Waals surface area contributed by atoms with Gasteiger partial charge in [-0.3, -0.25) is 4.79 Å². The Balaban J connectivity index is 1.66. The quantitative estimate of drug-likeness (QED) is 0.677. The first-order valence-corrected chi connectivity index (χ1v) is 9.37. The van der Waals surface area contributed by atoms with Crippen LogP contribution >= 0.6 is 11.8 Å². The van der Waals surface area contributed by atoms with Crippen LogP contribution in [-0.4, -0.2) is 31.9 Å². The molecule has 0 radical (unpaired) electrons. The number of carbonyl (C=O) groups excluding carboxylic acids is 1. The van der Waals surface area contributed by atoms with E-state index >= 15 is 0 Å². The average Bonchev–Trinajstić information content (AvgIpc) is 3.09. The molecule has 0 spiro atoms. The minimum atomic E-state index is -0.0533. The zero-order valence-electron chi connectivity index (χ0n) is 15.0. The number of carbonyl (C=O) groups is 1. The molecular formula is C19H21N5OS. The van der Waals surface area contributed by atoms with Crippen molar-refractivity contribution in [3.05, 3.63) is 65.2 Å². The molecule has 1 aromatic heterocycles. The van der Waals surface area contributed by atoms with Crippen molar-refractivity contribution in [2.75, 3.05) is 5.75 Å². The van der Waals surface area contributed by atoms with Gasteiger partial charge in [0.05, 0.1) is 17.5 Å². The largest absolute Gasteiger partial charge is 0.349 e. The van der Waals surface area contributed by atoms with Crippen LogP contribution in [0.2, 0.25) is 0 Å². The van der Waals surface area contributed by atoms with Crippen molar-refractivity contribution in [1.82, 2.24) is 25.5 Å². The van der Waals surface area contributed by atoms with Gasteiger partial charge in [-0.2, -0.15) is 4.68 Å². The predicted octanol–water partition coefficient (Wildman–Crippen LogP) is 3.25. The molecular weight excluding hydrogens is 346 g/mol. The zero-order chi connectivity index (χ0) is 18.5. The molecule has 0 unspecified atom stereocenters. The minimum Gasteiger partial charge on any atom is -0.349 e. The van der Waals surface area contributed by atoms with Gasteiger partial charge in [-0.15, -0.1) is 5.10 Å². The minimum absolute atomic E-state index is 0.0427. The van der Waals surface area contributed by atoms with Gasteiger partial charge in [-0.25, -0.2) is 0 Å². The molecule has 1 amide bonds. The molecule has 0 fully saturated rings. The lowest BCUT2D eigenvalue weighted by Crippen LogP contribution is -2.28. The number of nitrogens with zero attached hydrogens (tertiary/aromatic N) is 4.